The van der Waals surface area contributed by atoms with Crippen LogP contribution in [0, 0.1) is 5.82 Å². The standard InChI is InChI=1S/C18H25FN2O4/c1-18(2,3)25-17(23)21-10-8-15(9-11-21)20-16(22)24-12-13-4-6-14(19)7-5-13/h4-7,15H,8-12H2,1-3H3,(H,20,22). The molecule has 0 spiro atoms. The molecular formula is C18H25FN2O4. The molecule has 0 aliphatic carbocycles. The highest BCUT2D eigenvalue weighted by molar-refractivity contribution is 5.69. The van der Waals surface area contributed by atoms with Crippen molar-refractivity contribution >= 4 is 12.2 Å². The van der Waals surface area contributed by atoms with Gasteiger partial charge < -0.3 is 19.7 Å². The molecule has 0 bridgehead atoms. The Morgan fingerprint density at radius 1 is 1.20 bits per heavy atom. The topological polar surface area (TPSA) is 67.9 Å². The summed E-state index contributed by atoms with van der Waals surface area (Å²) >= 11 is 0. The molecule has 138 valence electrons. The van der Waals surface area contributed by atoms with Crippen molar-refractivity contribution < 1.29 is 23.5 Å². The molecular weight excluding hydrogens is 327 g/mol. The second-order valence-corrected chi connectivity index (χ2v) is 7.09. The summed E-state index contributed by atoms with van der Waals surface area (Å²) in [7, 11) is 0. The van der Waals surface area contributed by atoms with Crippen molar-refractivity contribution in [2.75, 3.05) is 13.1 Å². The lowest BCUT2D eigenvalue weighted by Gasteiger charge is -2.33. The van der Waals surface area contributed by atoms with Crippen LogP contribution in [0.3, 0.4) is 0 Å². The van der Waals surface area contributed by atoms with E-state index in [1.807, 2.05) is 20.8 Å². The molecule has 1 aromatic rings. The molecule has 0 atom stereocenters. The van der Waals surface area contributed by atoms with Crippen molar-refractivity contribution in [1.82, 2.24) is 10.2 Å². The van der Waals surface area contributed by atoms with Crippen LogP contribution in [0.25, 0.3) is 0 Å². The van der Waals surface area contributed by atoms with Gasteiger partial charge in [0.1, 0.15) is 18.0 Å². The van der Waals surface area contributed by atoms with E-state index in [1.54, 1.807) is 17.0 Å². The fourth-order valence-corrected chi connectivity index (χ4v) is 2.47. The molecule has 1 aliphatic rings. The average molecular weight is 352 g/mol. The molecule has 2 amide bonds. The van der Waals surface area contributed by atoms with Crippen LogP contribution >= 0.6 is 0 Å². The first-order valence-electron chi connectivity index (χ1n) is 8.38. The fraction of sp³-hybridized carbons (Fsp3) is 0.556. The number of carbonyl (C=O) groups is 2. The van der Waals surface area contributed by atoms with E-state index in [0.717, 1.165) is 5.56 Å². The maximum Gasteiger partial charge on any atom is 0.410 e. The van der Waals surface area contributed by atoms with Gasteiger partial charge in [-0.1, -0.05) is 12.1 Å². The second-order valence-electron chi connectivity index (χ2n) is 7.09. The summed E-state index contributed by atoms with van der Waals surface area (Å²) in [5.74, 6) is -0.329. The minimum Gasteiger partial charge on any atom is -0.445 e. The summed E-state index contributed by atoms with van der Waals surface area (Å²) in [5, 5.41) is 2.79. The first-order valence-corrected chi connectivity index (χ1v) is 8.38. The van der Waals surface area contributed by atoms with Crippen molar-refractivity contribution in [3.63, 3.8) is 0 Å². The van der Waals surface area contributed by atoms with Crippen LogP contribution in [-0.4, -0.2) is 41.8 Å². The number of carbonyl (C=O) groups excluding carboxylic acids is 2. The minimum atomic E-state index is -0.518. The van der Waals surface area contributed by atoms with Gasteiger partial charge in [0.25, 0.3) is 0 Å². The number of hydrogen-bond donors (Lipinski definition) is 1. The zero-order valence-electron chi connectivity index (χ0n) is 14.9. The van der Waals surface area contributed by atoms with E-state index in [-0.39, 0.29) is 24.6 Å². The van der Waals surface area contributed by atoms with E-state index in [2.05, 4.69) is 5.32 Å². The Morgan fingerprint density at radius 3 is 2.36 bits per heavy atom. The quantitative estimate of drug-likeness (QED) is 0.905. The van der Waals surface area contributed by atoms with Crippen molar-refractivity contribution in [2.45, 2.75) is 51.9 Å². The predicted octanol–water partition coefficient (Wildman–Crippen LogP) is 3.45. The molecule has 1 heterocycles. The van der Waals surface area contributed by atoms with E-state index < -0.39 is 11.7 Å². The van der Waals surface area contributed by atoms with Crippen LogP contribution in [0.2, 0.25) is 0 Å². The smallest absolute Gasteiger partial charge is 0.410 e. The summed E-state index contributed by atoms with van der Waals surface area (Å²) in [6, 6.07) is 5.75. The third-order valence-electron chi connectivity index (χ3n) is 3.75. The number of rotatable bonds is 3. The Labute approximate surface area is 147 Å². The maximum atomic E-state index is 12.8. The van der Waals surface area contributed by atoms with E-state index in [4.69, 9.17) is 9.47 Å². The Morgan fingerprint density at radius 2 is 1.80 bits per heavy atom. The lowest BCUT2D eigenvalue weighted by molar-refractivity contribution is 0.0198. The van der Waals surface area contributed by atoms with Gasteiger partial charge in [-0.2, -0.15) is 0 Å². The number of piperidine rings is 1. The third-order valence-corrected chi connectivity index (χ3v) is 3.75. The Hall–Kier alpha value is -2.31. The van der Waals surface area contributed by atoms with Crippen LogP contribution < -0.4 is 5.32 Å². The number of alkyl carbamates (subject to hydrolysis) is 1. The molecule has 1 fully saturated rings. The van der Waals surface area contributed by atoms with E-state index in [9.17, 15) is 14.0 Å². The van der Waals surface area contributed by atoms with Gasteiger partial charge in [0, 0.05) is 19.1 Å². The molecule has 0 aromatic heterocycles. The van der Waals surface area contributed by atoms with E-state index >= 15 is 0 Å². The number of nitrogens with zero attached hydrogens (tertiary/aromatic N) is 1. The first kappa shape index (κ1) is 19.0. The third kappa shape index (κ3) is 6.60. The summed E-state index contributed by atoms with van der Waals surface area (Å²) < 4.78 is 23.3. The Bertz CT molecular complexity index is 590. The molecule has 1 N–H and O–H groups in total. The minimum absolute atomic E-state index is 0.0422. The van der Waals surface area contributed by atoms with Crippen molar-refractivity contribution in [3.05, 3.63) is 35.6 Å². The number of halogens is 1. The second kappa shape index (κ2) is 8.18. The number of ether oxygens (including phenoxy) is 2. The zero-order valence-corrected chi connectivity index (χ0v) is 14.9. The van der Waals surface area contributed by atoms with Gasteiger partial charge in [0.05, 0.1) is 0 Å². The molecule has 1 saturated heterocycles. The number of nitrogens with one attached hydrogen (secondary N) is 1. The van der Waals surface area contributed by atoms with Crippen molar-refractivity contribution in [3.8, 4) is 0 Å². The first-order chi connectivity index (χ1) is 11.7. The summed E-state index contributed by atoms with van der Waals surface area (Å²) in [6.07, 6.45) is 0.445. The van der Waals surface area contributed by atoms with Gasteiger partial charge in [0.2, 0.25) is 0 Å². The fourth-order valence-electron chi connectivity index (χ4n) is 2.47. The summed E-state index contributed by atoms with van der Waals surface area (Å²) in [4.78, 5) is 25.5. The summed E-state index contributed by atoms with van der Waals surface area (Å²) in [5.41, 5.74) is 0.201. The molecule has 2 rings (SSSR count). The number of amides is 2. The van der Waals surface area contributed by atoms with Crippen LogP contribution in [-0.2, 0) is 16.1 Å². The molecule has 0 saturated carbocycles. The highest BCUT2D eigenvalue weighted by Gasteiger charge is 2.27. The Balaban J connectivity index is 1.69. The van der Waals surface area contributed by atoms with Gasteiger partial charge in [0.15, 0.2) is 0 Å². The van der Waals surface area contributed by atoms with Gasteiger partial charge in [-0.15, -0.1) is 0 Å². The maximum absolute atomic E-state index is 12.8. The lowest BCUT2D eigenvalue weighted by atomic mass is 10.1. The SMILES string of the molecule is CC(C)(C)OC(=O)N1CCC(NC(=O)OCc2ccc(F)cc2)CC1. The zero-order chi connectivity index (χ0) is 18.4. The lowest BCUT2D eigenvalue weighted by Crippen LogP contribution is -2.47. The summed E-state index contributed by atoms with van der Waals surface area (Å²) in [6.45, 7) is 6.63. The van der Waals surface area contributed by atoms with Crippen LogP contribution in [0.4, 0.5) is 14.0 Å². The number of likely N-dealkylation sites (tertiary alicyclic amines) is 1. The van der Waals surface area contributed by atoms with Crippen LogP contribution in [0.5, 0.6) is 0 Å². The monoisotopic (exact) mass is 352 g/mol. The van der Waals surface area contributed by atoms with Crippen LogP contribution in [0.15, 0.2) is 24.3 Å². The van der Waals surface area contributed by atoms with Gasteiger partial charge >= 0.3 is 12.2 Å². The van der Waals surface area contributed by atoms with Gasteiger partial charge in [-0.05, 0) is 51.3 Å². The normalized spacial score (nSPS) is 15.6. The largest absolute Gasteiger partial charge is 0.445 e. The molecule has 6 nitrogen and oxygen atoms in total. The highest BCUT2D eigenvalue weighted by Crippen LogP contribution is 2.15. The van der Waals surface area contributed by atoms with Crippen LogP contribution in [0.1, 0.15) is 39.2 Å². The predicted molar refractivity (Wildman–Crippen MR) is 90.5 cm³/mol. The van der Waals surface area contributed by atoms with Crippen molar-refractivity contribution in [1.29, 1.82) is 0 Å². The van der Waals surface area contributed by atoms with E-state index in [0.29, 0.717) is 25.9 Å². The highest BCUT2D eigenvalue weighted by atomic mass is 19.1. The molecule has 0 unspecified atom stereocenters. The average Bonchev–Trinajstić information content (AvgIpc) is 2.53. The molecule has 1 aliphatic heterocycles. The molecule has 0 radical (unpaired) electrons. The van der Waals surface area contributed by atoms with Gasteiger partial charge in [-0.25, -0.2) is 14.0 Å². The van der Waals surface area contributed by atoms with Gasteiger partial charge in [-0.3, -0.25) is 0 Å². The molecule has 1 aromatic carbocycles. The molecule has 7 heteroatoms. The Kier molecular flexibility index (Phi) is 6.22. The number of benzene rings is 1. The van der Waals surface area contributed by atoms with Crippen molar-refractivity contribution in [2.24, 2.45) is 0 Å². The molecule has 25 heavy (non-hydrogen) atoms. The van der Waals surface area contributed by atoms with E-state index in [1.165, 1.54) is 12.1 Å². The number of hydrogen-bond acceptors (Lipinski definition) is 4.